The van der Waals surface area contributed by atoms with Crippen LogP contribution in [0.25, 0.3) is 0 Å². The number of hydrogen-bond acceptors (Lipinski definition) is 3. The molecule has 4 N–H and O–H groups in total. The van der Waals surface area contributed by atoms with Gasteiger partial charge < -0.3 is 20.6 Å². The van der Waals surface area contributed by atoms with Crippen LogP contribution >= 0.6 is 24.0 Å². The molecule has 1 rings (SSSR count). The normalized spacial score (nSPS) is 14.7. The van der Waals surface area contributed by atoms with Gasteiger partial charge in [0.2, 0.25) is 0 Å². The van der Waals surface area contributed by atoms with Gasteiger partial charge in [-0.25, -0.2) is 4.99 Å². The number of unbranched alkanes of at least 4 members (excludes halogenated alkanes) is 1. The quantitative estimate of drug-likeness (QED) is 0.310. The van der Waals surface area contributed by atoms with Crippen LogP contribution in [0.5, 0.6) is 0 Å². The van der Waals surface area contributed by atoms with Crippen molar-refractivity contribution in [3.05, 3.63) is 24.2 Å². The van der Waals surface area contributed by atoms with Gasteiger partial charge in [-0.15, -0.1) is 24.0 Å². The van der Waals surface area contributed by atoms with Crippen molar-refractivity contribution in [2.75, 3.05) is 13.1 Å². The van der Waals surface area contributed by atoms with Crippen molar-refractivity contribution in [2.45, 2.75) is 32.3 Å². The van der Waals surface area contributed by atoms with Crippen LogP contribution < -0.4 is 11.1 Å². The van der Waals surface area contributed by atoms with Gasteiger partial charge >= 0.3 is 0 Å². The molecule has 0 fully saturated rings. The molecule has 0 amide bonds. The van der Waals surface area contributed by atoms with Gasteiger partial charge in [0.25, 0.3) is 0 Å². The summed E-state index contributed by atoms with van der Waals surface area (Å²) in [6, 6.07) is 3.45. The fourth-order valence-electron chi connectivity index (χ4n) is 1.35. The van der Waals surface area contributed by atoms with Crippen molar-refractivity contribution in [2.24, 2.45) is 10.7 Å². The Labute approximate surface area is 125 Å². The van der Waals surface area contributed by atoms with Crippen molar-refractivity contribution in [1.29, 1.82) is 0 Å². The highest BCUT2D eigenvalue weighted by Gasteiger charge is 2.25. The summed E-state index contributed by atoms with van der Waals surface area (Å²) < 4.78 is 5.15. The van der Waals surface area contributed by atoms with E-state index in [0.29, 0.717) is 11.7 Å². The van der Waals surface area contributed by atoms with Crippen molar-refractivity contribution < 1.29 is 9.52 Å². The van der Waals surface area contributed by atoms with Gasteiger partial charge in [0, 0.05) is 6.54 Å². The first-order chi connectivity index (χ1) is 8.06. The van der Waals surface area contributed by atoms with E-state index in [-0.39, 0.29) is 30.5 Å². The average Bonchev–Trinajstić information content (AvgIpc) is 2.81. The molecule has 6 heteroatoms. The molecule has 0 aromatic carbocycles. The van der Waals surface area contributed by atoms with E-state index in [0.717, 1.165) is 19.4 Å². The van der Waals surface area contributed by atoms with Gasteiger partial charge in [-0.05, 0) is 25.5 Å². The van der Waals surface area contributed by atoms with Crippen LogP contribution in [-0.4, -0.2) is 24.2 Å². The molecule has 18 heavy (non-hydrogen) atoms. The summed E-state index contributed by atoms with van der Waals surface area (Å²) >= 11 is 0. The molecule has 104 valence electrons. The fraction of sp³-hybridized carbons (Fsp3) is 0.583. The number of aliphatic hydroxyl groups is 1. The maximum atomic E-state index is 10.1. The van der Waals surface area contributed by atoms with Gasteiger partial charge in [0.05, 0.1) is 12.8 Å². The second-order valence-electron chi connectivity index (χ2n) is 4.23. The first kappa shape index (κ1) is 17.2. The van der Waals surface area contributed by atoms with Crippen LogP contribution in [0.2, 0.25) is 0 Å². The lowest BCUT2D eigenvalue weighted by molar-refractivity contribution is 0.0437. The Hall–Kier alpha value is -0.760. The molecule has 1 aromatic heterocycles. The third-order valence-corrected chi connectivity index (χ3v) is 2.45. The van der Waals surface area contributed by atoms with Gasteiger partial charge in [-0.2, -0.15) is 0 Å². The second-order valence-corrected chi connectivity index (χ2v) is 4.23. The van der Waals surface area contributed by atoms with E-state index in [2.05, 4.69) is 17.2 Å². The lowest BCUT2D eigenvalue weighted by Crippen LogP contribution is -2.34. The first-order valence-electron chi connectivity index (χ1n) is 5.86. The summed E-state index contributed by atoms with van der Waals surface area (Å²) in [7, 11) is 0. The number of halogens is 1. The number of rotatable bonds is 6. The van der Waals surface area contributed by atoms with Crippen LogP contribution in [0, 0.1) is 0 Å². The smallest absolute Gasteiger partial charge is 0.188 e. The van der Waals surface area contributed by atoms with E-state index in [9.17, 15) is 5.11 Å². The maximum Gasteiger partial charge on any atom is 0.188 e. The standard InChI is InChI=1S/C12H21N3O2.HI/c1-3-4-7-14-11(13)15-9-12(2,16)10-6-5-8-17-10;/h5-6,8,16H,3-4,7,9H2,1-2H3,(H3,13,14,15);1H. The number of nitrogens with one attached hydrogen (secondary N) is 1. The molecule has 0 spiro atoms. The van der Waals surface area contributed by atoms with Gasteiger partial charge in [-0.3, -0.25) is 0 Å². The summed E-state index contributed by atoms with van der Waals surface area (Å²) in [5.74, 6) is 0.841. The minimum Gasteiger partial charge on any atom is -0.466 e. The minimum atomic E-state index is -1.12. The molecular weight excluding hydrogens is 345 g/mol. The van der Waals surface area contributed by atoms with Crippen molar-refractivity contribution in [3.63, 3.8) is 0 Å². The highest BCUT2D eigenvalue weighted by molar-refractivity contribution is 14.0. The number of furan rings is 1. The number of guanidine groups is 1. The number of nitrogens with two attached hydrogens (primary N) is 1. The summed E-state index contributed by atoms with van der Waals surface area (Å²) in [6.07, 6.45) is 3.67. The molecule has 0 aliphatic heterocycles. The Morgan fingerprint density at radius 3 is 2.89 bits per heavy atom. The van der Waals surface area contributed by atoms with Crippen LogP contribution in [0.15, 0.2) is 27.8 Å². The largest absolute Gasteiger partial charge is 0.466 e. The molecule has 0 aliphatic carbocycles. The van der Waals surface area contributed by atoms with E-state index in [1.54, 1.807) is 19.1 Å². The van der Waals surface area contributed by atoms with Crippen molar-refractivity contribution in [3.8, 4) is 0 Å². The lowest BCUT2D eigenvalue weighted by atomic mass is 10.0. The molecule has 0 radical (unpaired) electrons. The zero-order valence-electron chi connectivity index (χ0n) is 10.8. The summed E-state index contributed by atoms with van der Waals surface area (Å²) in [5, 5.41) is 13.1. The first-order valence-corrected chi connectivity index (χ1v) is 5.86. The molecule has 0 saturated heterocycles. The third-order valence-electron chi connectivity index (χ3n) is 2.45. The Morgan fingerprint density at radius 1 is 1.61 bits per heavy atom. The Bertz CT molecular complexity index is 350. The molecule has 1 unspecified atom stereocenters. The molecule has 5 nitrogen and oxygen atoms in total. The zero-order valence-corrected chi connectivity index (χ0v) is 13.2. The summed E-state index contributed by atoms with van der Waals surface area (Å²) in [4.78, 5) is 4.10. The fourth-order valence-corrected chi connectivity index (χ4v) is 1.35. The summed E-state index contributed by atoms with van der Waals surface area (Å²) in [6.45, 7) is 4.73. The van der Waals surface area contributed by atoms with Gasteiger partial charge in [-0.1, -0.05) is 13.3 Å². The topological polar surface area (TPSA) is 83.8 Å². The van der Waals surface area contributed by atoms with Gasteiger partial charge in [0.1, 0.15) is 11.4 Å². The van der Waals surface area contributed by atoms with E-state index in [1.807, 2.05) is 0 Å². The Kier molecular flexibility index (Phi) is 8.01. The molecular formula is C12H22IN3O2. The number of aliphatic imine (C=N–C) groups is 1. The number of hydrogen-bond donors (Lipinski definition) is 3. The Balaban J connectivity index is 0.00000289. The van der Waals surface area contributed by atoms with E-state index in [4.69, 9.17) is 10.2 Å². The molecule has 1 atom stereocenters. The predicted octanol–water partition coefficient (Wildman–Crippen LogP) is 1.81. The van der Waals surface area contributed by atoms with E-state index in [1.165, 1.54) is 6.26 Å². The Morgan fingerprint density at radius 2 is 2.33 bits per heavy atom. The maximum absolute atomic E-state index is 10.1. The van der Waals surface area contributed by atoms with E-state index >= 15 is 0 Å². The highest BCUT2D eigenvalue weighted by atomic mass is 127. The van der Waals surface area contributed by atoms with Crippen LogP contribution in [0.4, 0.5) is 0 Å². The van der Waals surface area contributed by atoms with E-state index < -0.39 is 5.60 Å². The van der Waals surface area contributed by atoms with Crippen LogP contribution in [-0.2, 0) is 5.60 Å². The third kappa shape index (κ3) is 5.72. The number of nitrogens with zero attached hydrogens (tertiary/aromatic N) is 1. The summed E-state index contributed by atoms with van der Waals surface area (Å²) in [5.41, 5.74) is 4.55. The van der Waals surface area contributed by atoms with Crippen LogP contribution in [0.1, 0.15) is 32.4 Å². The molecule has 0 aliphatic rings. The highest BCUT2D eigenvalue weighted by Crippen LogP contribution is 2.20. The second kappa shape index (κ2) is 8.36. The molecule has 0 bridgehead atoms. The monoisotopic (exact) mass is 367 g/mol. The molecule has 1 aromatic rings. The van der Waals surface area contributed by atoms with Crippen molar-refractivity contribution >= 4 is 29.9 Å². The lowest BCUT2D eigenvalue weighted by Gasteiger charge is -2.18. The van der Waals surface area contributed by atoms with Crippen LogP contribution in [0.3, 0.4) is 0 Å². The van der Waals surface area contributed by atoms with Crippen molar-refractivity contribution in [1.82, 2.24) is 5.32 Å². The minimum absolute atomic E-state index is 0. The predicted molar refractivity (Wildman–Crippen MR) is 83.1 cm³/mol. The SMILES string of the molecule is CCCCNC(N)=NCC(C)(O)c1ccco1.I. The van der Waals surface area contributed by atoms with Gasteiger partial charge in [0.15, 0.2) is 5.96 Å². The average molecular weight is 367 g/mol. The molecule has 1 heterocycles. The molecule has 0 saturated carbocycles. The zero-order chi connectivity index (χ0) is 12.7.